The second kappa shape index (κ2) is 8.41. The Morgan fingerprint density at radius 2 is 2.06 bits per heavy atom. The number of fused-ring (bicyclic) bond motifs is 1. The molecule has 1 aliphatic rings. The summed E-state index contributed by atoms with van der Waals surface area (Å²) in [7, 11) is 0. The number of aromatic carboxylic acids is 1. The zero-order valence-corrected chi connectivity index (χ0v) is 17.5. The van der Waals surface area contributed by atoms with E-state index in [0.29, 0.717) is 41.9 Å². The van der Waals surface area contributed by atoms with Crippen molar-refractivity contribution in [1.29, 1.82) is 0 Å². The first-order chi connectivity index (χ1) is 14.8. The number of para-hydroxylation sites is 1. The number of alkyl halides is 1. The van der Waals surface area contributed by atoms with Crippen LogP contribution in [0.25, 0.3) is 11.0 Å². The highest BCUT2D eigenvalue weighted by molar-refractivity contribution is 5.94. The topological polar surface area (TPSA) is 82.8 Å². The average molecular weight is 424 g/mol. The number of piperidine rings is 1. The highest BCUT2D eigenvalue weighted by atomic mass is 19.1. The van der Waals surface area contributed by atoms with Crippen molar-refractivity contribution in [2.75, 3.05) is 23.3 Å². The molecule has 0 bridgehead atoms. The van der Waals surface area contributed by atoms with Crippen LogP contribution >= 0.6 is 0 Å². The van der Waals surface area contributed by atoms with Gasteiger partial charge in [-0.1, -0.05) is 18.2 Å². The molecule has 162 valence electrons. The molecule has 1 saturated heterocycles. The molecule has 1 unspecified atom stereocenters. The molecule has 2 atom stereocenters. The molecule has 0 spiro atoms. The average Bonchev–Trinajstić information content (AvgIpc) is 2.74. The van der Waals surface area contributed by atoms with Crippen molar-refractivity contribution in [2.45, 2.75) is 38.9 Å². The highest BCUT2D eigenvalue weighted by Gasteiger charge is 2.23. The van der Waals surface area contributed by atoms with Crippen molar-refractivity contribution in [1.82, 2.24) is 0 Å². The second-order valence-corrected chi connectivity index (χ2v) is 8.08. The summed E-state index contributed by atoms with van der Waals surface area (Å²) in [6, 6.07) is 11.5. The van der Waals surface area contributed by atoms with E-state index in [9.17, 15) is 19.1 Å². The predicted molar refractivity (Wildman–Crippen MR) is 119 cm³/mol. The Kier molecular flexibility index (Phi) is 5.67. The molecule has 0 radical (unpaired) electrons. The second-order valence-electron chi connectivity index (χ2n) is 8.08. The van der Waals surface area contributed by atoms with Crippen molar-refractivity contribution < 1.29 is 18.7 Å². The van der Waals surface area contributed by atoms with Gasteiger partial charge in [-0.15, -0.1) is 0 Å². The molecular formula is C24H25FN2O4. The Morgan fingerprint density at radius 3 is 2.81 bits per heavy atom. The van der Waals surface area contributed by atoms with Crippen molar-refractivity contribution in [3.05, 3.63) is 69.4 Å². The molecule has 2 aromatic carbocycles. The summed E-state index contributed by atoms with van der Waals surface area (Å²) in [5, 5.41) is 13.2. The van der Waals surface area contributed by atoms with E-state index in [-0.39, 0.29) is 23.6 Å². The standard InChI is InChI=1S/C24H25FN2O4/c1-14-10-18(15(2)26-20-8-4-3-7-17(20)24(29)30)23-19(11-14)21(28)12-22(31-23)27-9-5-6-16(25)13-27/h3-4,7-8,10-12,15-16,26H,5-6,9,13H2,1-2H3,(H,29,30)/t15?,16-/m0/s1. The zero-order valence-electron chi connectivity index (χ0n) is 17.5. The monoisotopic (exact) mass is 424 g/mol. The van der Waals surface area contributed by atoms with Gasteiger partial charge in [-0.25, -0.2) is 9.18 Å². The van der Waals surface area contributed by atoms with Crippen LogP contribution in [0, 0.1) is 6.92 Å². The number of hydrogen-bond donors (Lipinski definition) is 2. The Hall–Kier alpha value is -3.35. The Labute approximate surface area is 179 Å². The smallest absolute Gasteiger partial charge is 0.337 e. The maximum absolute atomic E-state index is 13.9. The van der Waals surface area contributed by atoms with Crippen LogP contribution in [0.2, 0.25) is 0 Å². The highest BCUT2D eigenvalue weighted by Crippen LogP contribution is 2.31. The van der Waals surface area contributed by atoms with Gasteiger partial charge < -0.3 is 19.7 Å². The van der Waals surface area contributed by atoms with E-state index in [1.54, 1.807) is 29.2 Å². The molecule has 2 heterocycles. The van der Waals surface area contributed by atoms with Gasteiger partial charge in [0.15, 0.2) is 11.3 Å². The number of benzene rings is 2. The Bertz CT molecular complexity index is 1190. The van der Waals surface area contributed by atoms with E-state index in [1.807, 2.05) is 19.9 Å². The van der Waals surface area contributed by atoms with Gasteiger partial charge in [-0.3, -0.25) is 4.79 Å². The van der Waals surface area contributed by atoms with Crippen molar-refractivity contribution in [3.8, 4) is 0 Å². The molecule has 0 amide bonds. The molecule has 1 aliphatic heterocycles. The van der Waals surface area contributed by atoms with Crippen LogP contribution in [0.5, 0.6) is 0 Å². The fraction of sp³-hybridized carbons (Fsp3) is 0.333. The lowest BCUT2D eigenvalue weighted by atomic mass is 10.0. The van der Waals surface area contributed by atoms with E-state index < -0.39 is 12.1 Å². The van der Waals surface area contributed by atoms with Crippen LogP contribution in [0.3, 0.4) is 0 Å². The van der Waals surface area contributed by atoms with Crippen LogP contribution in [0.4, 0.5) is 16.0 Å². The molecule has 2 N–H and O–H groups in total. The number of halogens is 1. The van der Waals surface area contributed by atoms with Gasteiger partial charge in [0, 0.05) is 23.9 Å². The van der Waals surface area contributed by atoms with Crippen molar-refractivity contribution in [2.24, 2.45) is 0 Å². The lowest BCUT2D eigenvalue weighted by Crippen LogP contribution is -2.36. The summed E-state index contributed by atoms with van der Waals surface area (Å²) in [5.74, 6) is -0.660. The number of carboxylic acid groups (broad SMARTS) is 1. The predicted octanol–water partition coefficient (Wildman–Crippen LogP) is 4.91. The summed E-state index contributed by atoms with van der Waals surface area (Å²) < 4.78 is 20.1. The van der Waals surface area contributed by atoms with Gasteiger partial charge in [0.2, 0.25) is 0 Å². The van der Waals surface area contributed by atoms with Gasteiger partial charge in [0.25, 0.3) is 0 Å². The molecule has 1 aromatic heterocycles. The number of aryl methyl sites for hydroxylation is 1. The van der Waals surface area contributed by atoms with Crippen molar-refractivity contribution in [3.63, 3.8) is 0 Å². The van der Waals surface area contributed by atoms with Crippen LogP contribution in [0.15, 0.2) is 51.7 Å². The quantitative estimate of drug-likeness (QED) is 0.606. The number of nitrogens with one attached hydrogen (secondary N) is 1. The first kappa shape index (κ1) is 20.9. The summed E-state index contributed by atoms with van der Waals surface area (Å²) in [6.45, 7) is 4.62. The maximum Gasteiger partial charge on any atom is 0.337 e. The third-order valence-electron chi connectivity index (χ3n) is 5.66. The fourth-order valence-electron chi connectivity index (χ4n) is 4.13. The third kappa shape index (κ3) is 4.26. The van der Waals surface area contributed by atoms with Gasteiger partial charge in [0.05, 0.1) is 23.5 Å². The molecule has 3 aromatic rings. The minimum absolute atomic E-state index is 0.163. The zero-order chi connectivity index (χ0) is 22.1. The van der Waals surface area contributed by atoms with Crippen LogP contribution in [-0.4, -0.2) is 30.3 Å². The normalized spacial score (nSPS) is 17.5. The van der Waals surface area contributed by atoms with Crippen LogP contribution < -0.4 is 15.6 Å². The van der Waals surface area contributed by atoms with Crippen LogP contribution in [0.1, 0.15) is 47.3 Å². The number of hydrogen-bond acceptors (Lipinski definition) is 5. The first-order valence-corrected chi connectivity index (χ1v) is 10.4. The molecule has 1 fully saturated rings. The van der Waals surface area contributed by atoms with Gasteiger partial charge in [0.1, 0.15) is 11.8 Å². The summed E-state index contributed by atoms with van der Waals surface area (Å²) in [4.78, 5) is 26.2. The fourth-order valence-corrected chi connectivity index (χ4v) is 4.13. The molecule has 0 saturated carbocycles. The number of carboxylic acids is 1. The third-order valence-corrected chi connectivity index (χ3v) is 5.66. The molecule has 6 nitrogen and oxygen atoms in total. The number of rotatable bonds is 5. The van der Waals surface area contributed by atoms with E-state index in [2.05, 4.69) is 5.32 Å². The number of anilines is 2. The molecular weight excluding hydrogens is 399 g/mol. The summed E-state index contributed by atoms with van der Waals surface area (Å²) in [6.07, 6.45) is 0.274. The summed E-state index contributed by atoms with van der Waals surface area (Å²) in [5.41, 5.74) is 2.53. The van der Waals surface area contributed by atoms with Gasteiger partial charge >= 0.3 is 5.97 Å². The molecule has 7 heteroatoms. The lowest BCUT2D eigenvalue weighted by Gasteiger charge is -2.29. The van der Waals surface area contributed by atoms with E-state index in [1.165, 1.54) is 12.1 Å². The van der Waals surface area contributed by atoms with E-state index in [4.69, 9.17) is 4.42 Å². The molecule has 0 aliphatic carbocycles. The first-order valence-electron chi connectivity index (χ1n) is 10.4. The SMILES string of the molecule is Cc1cc(C(C)Nc2ccccc2C(=O)O)c2oc(N3CCC[C@H](F)C3)cc(=O)c2c1. The van der Waals surface area contributed by atoms with E-state index in [0.717, 1.165) is 11.1 Å². The summed E-state index contributed by atoms with van der Waals surface area (Å²) >= 11 is 0. The minimum Gasteiger partial charge on any atom is -0.478 e. The van der Waals surface area contributed by atoms with Crippen LogP contribution in [-0.2, 0) is 0 Å². The Morgan fingerprint density at radius 1 is 1.29 bits per heavy atom. The van der Waals surface area contributed by atoms with Crippen molar-refractivity contribution >= 4 is 28.5 Å². The minimum atomic E-state index is -1.02. The maximum atomic E-state index is 13.9. The number of nitrogens with zero attached hydrogens (tertiary/aromatic N) is 1. The van der Waals surface area contributed by atoms with Gasteiger partial charge in [-0.05, 0) is 50.5 Å². The lowest BCUT2D eigenvalue weighted by molar-refractivity contribution is 0.0698. The Balaban J connectivity index is 1.78. The number of carbonyl (C=O) groups is 1. The molecule has 31 heavy (non-hydrogen) atoms. The molecule has 4 rings (SSSR count). The largest absolute Gasteiger partial charge is 0.478 e. The van der Waals surface area contributed by atoms with Gasteiger partial charge in [-0.2, -0.15) is 0 Å². The van der Waals surface area contributed by atoms with E-state index >= 15 is 0 Å².